The summed E-state index contributed by atoms with van der Waals surface area (Å²) in [5, 5.41) is 2.64. The van der Waals surface area contributed by atoms with Crippen molar-refractivity contribution in [3.63, 3.8) is 0 Å². The van der Waals surface area contributed by atoms with E-state index in [0.717, 1.165) is 12.8 Å². The number of amides is 2. The second kappa shape index (κ2) is 13.3. The number of anilines is 1. The lowest BCUT2D eigenvalue weighted by Crippen LogP contribution is -2.46. The Kier molecular flexibility index (Phi) is 10.5. The summed E-state index contributed by atoms with van der Waals surface area (Å²) in [6.07, 6.45) is 0.758. The molecule has 1 aliphatic rings. The van der Waals surface area contributed by atoms with Crippen LogP contribution in [0.2, 0.25) is 18.1 Å². The van der Waals surface area contributed by atoms with Crippen LogP contribution in [-0.4, -0.2) is 79.4 Å². The predicted octanol–water partition coefficient (Wildman–Crippen LogP) is 5.35. The third kappa shape index (κ3) is 8.01. The Hall–Kier alpha value is -3.09. The highest BCUT2D eigenvalue weighted by molar-refractivity contribution is 7.91. The Morgan fingerprint density at radius 2 is 1.68 bits per heavy atom. The van der Waals surface area contributed by atoms with Gasteiger partial charge < -0.3 is 23.5 Å². The molecular weight excluding hydrogens is 564 g/mol. The van der Waals surface area contributed by atoms with Gasteiger partial charge in [-0.15, -0.1) is 0 Å². The standard InChI is InChI=1S/C29H42N2O8SSi/c1-29(2,3)41(6,7)39-20-21-12-11-15-31(21)27(32)23-18-25(36-4)26(37-5)19-24(23)30-28(33)38-16-17-40(34,35)22-13-9-8-10-14-22/h8-10,13-14,18-19,21H,11-12,15-17,20H2,1-7H3,(H,30,33). The number of nitrogens with one attached hydrogen (secondary N) is 1. The number of likely N-dealkylation sites (tertiary alicyclic amines) is 1. The van der Waals surface area contributed by atoms with Crippen LogP contribution in [0.3, 0.4) is 0 Å². The molecular formula is C29H42N2O8SSi. The number of sulfone groups is 1. The van der Waals surface area contributed by atoms with Crippen LogP contribution in [0.5, 0.6) is 11.5 Å². The lowest BCUT2D eigenvalue weighted by atomic mass is 10.1. The number of methoxy groups -OCH3 is 2. The van der Waals surface area contributed by atoms with E-state index in [1.807, 2.05) is 0 Å². The van der Waals surface area contributed by atoms with Crippen molar-refractivity contribution in [3.8, 4) is 11.5 Å². The van der Waals surface area contributed by atoms with Gasteiger partial charge in [-0.25, -0.2) is 13.2 Å². The second-order valence-electron chi connectivity index (χ2n) is 11.5. The fourth-order valence-corrected chi connectivity index (χ4v) is 6.40. The zero-order chi connectivity index (χ0) is 30.4. The van der Waals surface area contributed by atoms with E-state index in [-0.39, 0.29) is 45.5 Å². The van der Waals surface area contributed by atoms with Crippen molar-refractivity contribution >= 4 is 35.8 Å². The Morgan fingerprint density at radius 3 is 2.29 bits per heavy atom. The van der Waals surface area contributed by atoms with Crippen LogP contribution in [0.1, 0.15) is 44.0 Å². The molecule has 12 heteroatoms. The lowest BCUT2D eigenvalue weighted by Gasteiger charge is -2.38. The van der Waals surface area contributed by atoms with E-state index < -0.39 is 24.2 Å². The van der Waals surface area contributed by atoms with Crippen LogP contribution < -0.4 is 14.8 Å². The number of benzene rings is 2. The van der Waals surface area contributed by atoms with Crippen molar-refractivity contribution in [2.45, 2.75) is 62.7 Å². The first-order chi connectivity index (χ1) is 19.2. The quantitative estimate of drug-likeness (QED) is 0.340. The minimum atomic E-state index is -3.62. The third-order valence-corrected chi connectivity index (χ3v) is 14.0. The summed E-state index contributed by atoms with van der Waals surface area (Å²) in [6, 6.07) is 10.9. The summed E-state index contributed by atoms with van der Waals surface area (Å²) in [4.78, 5) is 28.5. The van der Waals surface area contributed by atoms with E-state index in [4.69, 9.17) is 18.6 Å². The average Bonchev–Trinajstić information content (AvgIpc) is 3.40. The van der Waals surface area contributed by atoms with Crippen molar-refractivity contribution in [1.82, 2.24) is 4.90 Å². The lowest BCUT2D eigenvalue weighted by molar-refractivity contribution is 0.0684. The molecule has 1 unspecified atom stereocenters. The van der Waals surface area contributed by atoms with E-state index in [1.165, 1.54) is 38.5 Å². The summed E-state index contributed by atoms with van der Waals surface area (Å²) in [7, 11) is -2.73. The van der Waals surface area contributed by atoms with Gasteiger partial charge in [-0.05, 0) is 49.2 Å². The van der Waals surface area contributed by atoms with Crippen molar-refractivity contribution < 1.29 is 36.6 Å². The van der Waals surface area contributed by atoms with Gasteiger partial charge in [0, 0.05) is 12.6 Å². The van der Waals surface area contributed by atoms with Crippen molar-refractivity contribution in [3.05, 3.63) is 48.0 Å². The largest absolute Gasteiger partial charge is 0.493 e. The SMILES string of the molecule is COc1cc(NC(=O)OCCS(=O)(=O)c2ccccc2)c(C(=O)N2CCCC2CO[Si](C)(C)C(C)(C)C)cc1OC. The molecule has 2 amide bonds. The molecule has 0 saturated carbocycles. The van der Waals surface area contributed by atoms with E-state index in [2.05, 4.69) is 39.2 Å². The van der Waals surface area contributed by atoms with Crippen LogP contribution in [0.4, 0.5) is 10.5 Å². The number of nitrogens with zero attached hydrogens (tertiary/aromatic N) is 1. The van der Waals surface area contributed by atoms with Gasteiger partial charge in [-0.2, -0.15) is 0 Å². The van der Waals surface area contributed by atoms with Crippen LogP contribution in [-0.2, 0) is 19.0 Å². The normalized spacial score (nSPS) is 15.9. The molecule has 0 bridgehead atoms. The van der Waals surface area contributed by atoms with Gasteiger partial charge in [0.15, 0.2) is 29.7 Å². The molecule has 2 aromatic rings. The van der Waals surface area contributed by atoms with Crippen LogP contribution >= 0.6 is 0 Å². The van der Waals surface area contributed by atoms with Gasteiger partial charge in [0.2, 0.25) is 0 Å². The Balaban J connectivity index is 1.77. The minimum absolute atomic E-state index is 0.0433. The summed E-state index contributed by atoms with van der Waals surface area (Å²) in [5.41, 5.74) is 0.371. The Morgan fingerprint density at radius 1 is 1.05 bits per heavy atom. The Bertz CT molecular complexity index is 1330. The van der Waals surface area contributed by atoms with E-state index in [9.17, 15) is 18.0 Å². The molecule has 226 valence electrons. The molecule has 1 aliphatic heterocycles. The fourth-order valence-electron chi connectivity index (χ4n) is 4.25. The topological polar surface area (TPSA) is 120 Å². The molecule has 0 aliphatic carbocycles. The molecule has 2 aromatic carbocycles. The van der Waals surface area contributed by atoms with Gasteiger partial charge in [0.05, 0.1) is 48.8 Å². The number of carbonyl (C=O) groups excluding carboxylic acids is 2. The molecule has 1 atom stereocenters. The van der Waals surface area contributed by atoms with Crippen LogP contribution in [0.25, 0.3) is 0 Å². The van der Waals surface area contributed by atoms with Crippen LogP contribution in [0.15, 0.2) is 47.4 Å². The molecule has 0 radical (unpaired) electrons. The Labute approximate surface area is 244 Å². The van der Waals surface area contributed by atoms with Gasteiger partial charge in [-0.1, -0.05) is 39.0 Å². The fraction of sp³-hybridized carbons (Fsp3) is 0.517. The minimum Gasteiger partial charge on any atom is -0.493 e. The second-order valence-corrected chi connectivity index (χ2v) is 18.4. The molecule has 1 fully saturated rings. The maximum Gasteiger partial charge on any atom is 0.411 e. The molecule has 3 rings (SSSR count). The summed E-state index contributed by atoms with van der Waals surface area (Å²) >= 11 is 0. The summed E-state index contributed by atoms with van der Waals surface area (Å²) < 4.78 is 47.5. The molecule has 0 spiro atoms. The van der Waals surface area contributed by atoms with Crippen molar-refractivity contribution in [2.24, 2.45) is 0 Å². The number of hydrogen-bond donors (Lipinski definition) is 1. The number of ether oxygens (including phenoxy) is 3. The maximum absolute atomic E-state index is 13.9. The van der Waals surface area contributed by atoms with Crippen LogP contribution in [0, 0.1) is 0 Å². The number of hydrogen-bond acceptors (Lipinski definition) is 8. The molecule has 1 saturated heterocycles. The molecule has 1 heterocycles. The smallest absolute Gasteiger partial charge is 0.411 e. The number of carbonyl (C=O) groups is 2. The predicted molar refractivity (Wildman–Crippen MR) is 160 cm³/mol. The molecule has 10 nitrogen and oxygen atoms in total. The van der Waals surface area contributed by atoms with Gasteiger partial charge in [0.1, 0.15) is 6.61 Å². The zero-order valence-electron chi connectivity index (χ0n) is 25.0. The number of rotatable bonds is 11. The first-order valence-electron chi connectivity index (χ1n) is 13.6. The highest BCUT2D eigenvalue weighted by Gasteiger charge is 2.39. The zero-order valence-corrected chi connectivity index (χ0v) is 26.8. The maximum atomic E-state index is 13.9. The highest BCUT2D eigenvalue weighted by Crippen LogP contribution is 2.38. The van der Waals surface area contributed by atoms with Gasteiger partial charge in [0.25, 0.3) is 5.91 Å². The van der Waals surface area contributed by atoms with E-state index in [0.29, 0.717) is 24.7 Å². The first-order valence-corrected chi connectivity index (χ1v) is 18.2. The van der Waals surface area contributed by atoms with E-state index >= 15 is 0 Å². The molecule has 41 heavy (non-hydrogen) atoms. The van der Waals surface area contributed by atoms with Crippen molar-refractivity contribution in [1.29, 1.82) is 0 Å². The van der Waals surface area contributed by atoms with Gasteiger partial charge >= 0.3 is 6.09 Å². The highest BCUT2D eigenvalue weighted by atomic mass is 32.2. The molecule has 1 N–H and O–H groups in total. The van der Waals surface area contributed by atoms with E-state index in [1.54, 1.807) is 23.1 Å². The summed E-state index contributed by atoms with van der Waals surface area (Å²) in [5.74, 6) is -0.0253. The monoisotopic (exact) mass is 606 g/mol. The summed E-state index contributed by atoms with van der Waals surface area (Å²) in [6.45, 7) is 11.5. The van der Waals surface area contributed by atoms with Gasteiger partial charge in [-0.3, -0.25) is 10.1 Å². The third-order valence-electron chi connectivity index (χ3n) is 7.76. The average molecular weight is 607 g/mol. The first kappa shape index (κ1) is 32.4. The molecule has 0 aromatic heterocycles. The van der Waals surface area contributed by atoms with Crippen molar-refractivity contribution in [2.75, 3.05) is 45.0 Å².